The largest absolute Gasteiger partial charge is 0.386 e. The Hall–Kier alpha value is -0.790. The van der Waals surface area contributed by atoms with Crippen LogP contribution in [0.5, 0.6) is 0 Å². The standard InChI is InChI=1S/C21H35NO/c23-21-17-9-5-1-3-7-11-19(15-13-17)22-20-12-8-4-2-6-10-18(21)14-16-20/h15,17-18,20,22H,1-14,16H2/b19-15+. The van der Waals surface area contributed by atoms with Crippen molar-refractivity contribution in [2.45, 2.75) is 102 Å². The summed E-state index contributed by atoms with van der Waals surface area (Å²) in [4.78, 5) is 13.2. The van der Waals surface area contributed by atoms with Crippen LogP contribution >= 0.6 is 0 Å². The normalized spacial score (nSPS) is 36.6. The van der Waals surface area contributed by atoms with Crippen molar-refractivity contribution in [3.05, 3.63) is 11.8 Å². The summed E-state index contributed by atoms with van der Waals surface area (Å²) >= 11 is 0. The number of rotatable bonds is 0. The van der Waals surface area contributed by atoms with Crippen molar-refractivity contribution in [3.63, 3.8) is 0 Å². The first-order chi connectivity index (χ1) is 11.3. The smallest absolute Gasteiger partial charge is 0.139 e. The van der Waals surface area contributed by atoms with Crippen LogP contribution in [0, 0.1) is 11.8 Å². The van der Waals surface area contributed by atoms with Gasteiger partial charge in [0.15, 0.2) is 0 Å². The summed E-state index contributed by atoms with van der Waals surface area (Å²) in [6.45, 7) is 0. The van der Waals surface area contributed by atoms with Crippen molar-refractivity contribution in [2.75, 3.05) is 0 Å². The van der Waals surface area contributed by atoms with E-state index in [-0.39, 0.29) is 0 Å². The van der Waals surface area contributed by atoms with Gasteiger partial charge in [-0.15, -0.1) is 0 Å². The van der Waals surface area contributed by atoms with Crippen LogP contribution in [0.3, 0.4) is 0 Å². The number of carbonyl (C=O) groups is 1. The third-order valence-electron chi connectivity index (χ3n) is 6.31. The number of allylic oxidation sites excluding steroid dienone is 2. The number of nitrogens with one attached hydrogen (secondary N) is 1. The Morgan fingerprint density at radius 3 is 2.26 bits per heavy atom. The molecule has 2 heteroatoms. The van der Waals surface area contributed by atoms with Gasteiger partial charge < -0.3 is 5.32 Å². The molecule has 2 aliphatic carbocycles. The molecule has 0 spiro atoms. The second kappa shape index (κ2) is 8.89. The lowest BCUT2D eigenvalue weighted by atomic mass is 9.79. The van der Waals surface area contributed by atoms with E-state index >= 15 is 0 Å². The van der Waals surface area contributed by atoms with Gasteiger partial charge in [0.1, 0.15) is 5.78 Å². The molecule has 1 N–H and O–H groups in total. The van der Waals surface area contributed by atoms with Gasteiger partial charge in [0, 0.05) is 23.6 Å². The van der Waals surface area contributed by atoms with Gasteiger partial charge in [0.25, 0.3) is 0 Å². The van der Waals surface area contributed by atoms with E-state index in [9.17, 15) is 4.79 Å². The molecule has 23 heavy (non-hydrogen) atoms. The molecule has 3 aliphatic rings. The van der Waals surface area contributed by atoms with Crippen LogP contribution < -0.4 is 5.32 Å². The highest BCUT2D eigenvalue weighted by molar-refractivity contribution is 5.83. The molecule has 0 amide bonds. The highest BCUT2D eigenvalue weighted by Crippen LogP contribution is 2.31. The predicted molar refractivity (Wildman–Crippen MR) is 96.2 cm³/mol. The lowest BCUT2D eigenvalue weighted by molar-refractivity contribution is -0.127. The Bertz CT molecular complexity index is 414. The van der Waals surface area contributed by atoms with E-state index in [0.29, 0.717) is 23.7 Å². The van der Waals surface area contributed by atoms with E-state index in [1.54, 1.807) is 0 Å². The molecule has 0 aromatic heterocycles. The molecule has 0 saturated heterocycles. The maximum Gasteiger partial charge on any atom is 0.139 e. The summed E-state index contributed by atoms with van der Waals surface area (Å²) in [5, 5.41) is 3.90. The summed E-state index contributed by atoms with van der Waals surface area (Å²) in [7, 11) is 0. The van der Waals surface area contributed by atoms with E-state index in [1.165, 1.54) is 76.3 Å². The quantitative estimate of drug-likeness (QED) is 0.637. The lowest BCUT2D eigenvalue weighted by Crippen LogP contribution is -2.33. The molecule has 3 rings (SSSR count). The van der Waals surface area contributed by atoms with Gasteiger partial charge in [-0.1, -0.05) is 51.0 Å². The minimum atomic E-state index is 0.300. The minimum absolute atomic E-state index is 0.300. The van der Waals surface area contributed by atoms with Gasteiger partial charge in [-0.05, 0) is 51.4 Å². The molecule has 3 unspecified atom stereocenters. The number of hydrogen-bond donors (Lipinski definition) is 1. The molecule has 3 atom stereocenters. The number of ketones is 1. The molecule has 0 aromatic rings. The summed E-state index contributed by atoms with van der Waals surface area (Å²) in [6.07, 6.45) is 21.0. The summed E-state index contributed by atoms with van der Waals surface area (Å²) in [5.41, 5.74) is 1.45. The fourth-order valence-corrected chi connectivity index (χ4v) is 4.80. The van der Waals surface area contributed by atoms with Crippen LogP contribution in [0.15, 0.2) is 11.8 Å². The summed E-state index contributed by atoms with van der Waals surface area (Å²) in [5.74, 6) is 1.26. The number of hydrogen-bond acceptors (Lipinski definition) is 2. The van der Waals surface area contributed by atoms with Gasteiger partial charge in [0.2, 0.25) is 0 Å². The molecular formula is C21H35NO. The molecule has 1 heterocycles. The average molecular weight is 318 g/mol. The number of fused-ring (bicyclic) bond motifs is 5. The van der Waals surface area contributed by atoms with Crippen LogP contribution in [0.25, 0.3) is 0 Å². The van der Waals surface area contributed by atoms with E-state index in [0.717, 1.165) is 25.7 Å². The lowest BCUT2D eigenvalue weighted by Gasteiger charge is -2.30. The number of Topliss-reactive ketones (excluding diaryl/α,β-unsaturated/α-hetero) is 1. The highest BCUT2D eigenvalue weighted by Gasteiger charge is 2.28. The first-order valence-electron chi connectivity index (χ1n) is 10.3. The van der Waals surface area contributed by atoms with Crippen LogP contribution in [-0.2, 0) is 4.79 Å². The van der Waals surface area contributed by atoms with Gasteiger partial charge in [0.05, 0.1) is 0 Å². The third-order valence-corrected chi connectivity index (χ3v) is 6.31. The summed E-state index contributed by atoms with van der Waals surface area (Å²) < 4.78 is 0. The topological polar surface area (TPSA) is 29.1 Å². The van der Waals surface area contributed by atoms with Crippen molar-refractivity contribution < 1.29 is 4.79 Å². The van der Waals surface area contributed by atoms with Crippen molar-refractivity contribution in [1.29, 1.82) is 0 Å². The van der Waals surface area contributed by atoms with Crippen LogP contribution in [0.2, 0.25) is 0 Å². The van der Waals surface area contributed by atoms with Crippen LogP contribution in [0.4, 0.5) is 0 Å². The maximum atomic E-state index is 13.2. The zero-order valence-electron chi connectivity index (χ0n) is 14.8. The molecule has 2 nitrogen and oxygen atoms in total. The minimum Gasteiger partial charge on any atom is -0.386 e. The van der Waals surface area contributed by atoms with E-state index in [2.05, 4.69) is 11.4 Å². The van der Waals surface area contributed by atoms with Crippen LogP contribution in [0.1, 0.15) is 96.3 Å². The third kappa shape index (κ3) is 5.09. The number of carbonyl (C=O) groups excluding carboxylic acids is 1. The first-order valence-corrected chi connectivity index (χ1v) is 10.3. The van der Waals surface area contributed by atoms with E-state index in [1.807, 2.05) is 0 Å². The highest BCUT2D eigenvalue weighted by atomic mass is 16.1. The monoisotopic (exact) mass is 317 g/mol. The first kappa shape index (κ1) is 17.0. The molecule has 0 radical (unpaired) electrons. The molecule has 130 valence electrons. The van der Waals surface area contributed by atoms with Gasteiger partial charge in [-0.2, -0.15) is 0 Å². The molecule has 1 saturated carbocycles. The average Bonchev–Trinajstić information content (AvgIpc) is 2.58. The SMILES string of the molecule is O=C1C2C/C=C(\CCCCCC2)NC2CCCCCCC1CC2. The maximum absolute atomic E-state index is 13.2. The van der Waals surface area contributed by atoms with E-state index in [4.69, 9.17) is 0 Å². The van der Waals surface area contributed by atoms with Crippen molar-refractivity contribution in [3.8, 4) is 0 Å². The molecule has 1 aliphatic heterocycles. The zero-order chi connectivity index (χ0) is 15.9. The summed E-state index contributed by atoms with van der Waals surface area (Å²) in [6, 6.07) is 0.606. The fourth-order valence-electron chi connectivity index (χ4n) is 4.80. The Balaban J connectivity index is 1.83. The Kier molecular flexibility index (Phi) is 6.59. The van der Waals surface area contributed by atoms with Crippen molar-refractivity contribution >= 4 is 5.78 Å². The Morgan fingerprint density at radius 1 is 0.739 bits per heavy atom. The fraction of sp³-hybridized carbons (Fsp3) is 0.857. The molecule has 4 bridgehead atoms. The second-order valence-electron chi connectivity index (χ2n) is 8.12. The van der Waals surface area contributed by atoms with Crippen LogP contribution in [-0.4, -0.2) is 11.8 Å². The van der Waals surface area contributed by atoms with E-state index < -0.39 is 0 Å². The van der Waals surface area contributed by atoms with Crippen molar-refractivity contribution in [2.24, 2.45) is 11.8 Å². The van der Waals surface area contributed by atoms with Gasteiger partial charge in [-0.3, -0.25) is 4.79 Å². The zero-order valence-corrected chi connectivity index (χ0v) is 14.8. The van der Waals surface area contributed by atoms with Gasteiger partial charge in [-0.25, -0.2) is 0 Å². The molecule has 0 aromatic carbocycles. The predicted octanol–water partition coefficient (Wildman–Crippen LogP) is 5.52. The van der Waals surface area contributed by atoms with Crippen molar-refractivity contribution in [1.82, 2.24) is 5.32 Å². The van der Waals surface area contributed by atoms with Gasteiger partial charge >= 0.3 is 0 Å². The second-order valence-corrected chi connectivity index (χ2v) is 8.12. The molecular weight excluding hydrogens is 282 g/mol. The Labute approximate surface area is 142 Å². The molecule has 1 fully saturated rings. The Morgan fingerprint density at radius 2 is 1.43 bits per heavy atom.